The van der Waals surface area contributed by atoms with E-state index in [-0.39, 0.29) is 5.44 Å². The van der Waals surface area contributed by atoms with Gasteiger partial charge < -0.3 is 9.47 Å². The molecule has 0 radical (unpaired) electrons. The molecule has 1 N–H and O–H groups in total. The number of methoxy groups -OCH3 is 1. The quantitative estimate of drug-likeness (QED) is 0.399. The van der Waals surface area contributed by atoms with Crippen molar-refractivity contribution < 1.29 is 19.1 Å². The maximum Gasteiger partial charge on any atom is 0.426 e. The van der Waals surface area contributed by atoms with Gasteiger partial charge in [-0.1, -0.05) is 12.1 Å². The predicted octanol–water partition coefficient (Wildman–Crippen LogP) is 3.21. The Labute approximate surface area is 126 Å². The normalized spacial score (nSPS) is 11.4. The van der Waals surface area contributed by atoms with Crippen molar-refractivity contribution in [2.45, 2.75) is 12.4 Å². The SMILES string of the molecule is COC(=O)NN(C(=O)Cl)c1ccccc1OC(C)SC. The highest BCUT2D eigenvalue weighted by Crippen LogP contribution is 2.30. The predicted molar refractivity (Wildman–Crippen MR) is 79.3 cm³/mol. The van der Waals surface area contributed by atoms with Crippen LogP contribution in [0.15, 0.2) is 24.3 Å². The fourth-order valence-electron chi connectivity index (χ4n) is 1.30. The second-order valence-corrected chi connectivity index (χ2v) is 5.04. The Kier molecular flexibility index (Phi) is 6.47. The lowest BCUT2D eigenvalue weighted by atomic mass is 10.3. The summed E-state index contributed by atoms with van der Waals surface area (Å²) in [7, 11) is 1.18. The number of hydrazine groups is 1. The van der Waals surface area contributed by atoms with E-state index in [9.17, 15) is 9.59 Å². The maximum absolute atomic E-state index is 11.5. The lowest BCUT2D eigenvalue weighted by Gasteiger charge is -2.23. The molecule has 2 amide bonds. The van der Waals surface area contributed by atoms with Gasteiger partial charge in [0.25, 0.3) is 0 Å². The molecule has 6 nitrogen and oxygen atoms in total. The van der Waals surface area contributed by atoms with Gasteiger partial charge in [-0.2, -0.15) is 0 Å². The van der Waals surface area contributed by atoms with Crippen LogP contribution in [0.4, 0.5) is 15.3 Å². The third kappa shape index (κ3) is 4.50. The minimum Gasteiger partial charge on any atom is -0.478 e. The second kappa shape index (κ2) is 7.86. The number of nitrogens with one attached hydrogen (secondary N) is 1. The van der Waals surface area contributed by atoms with Crippen LogP contribution in [0.3, 0.4) is 0 Å². The number of anilines is 1. The van der Waals surface area contributed by atoms with Crippen molar-refractivity contribution in [2.75, 3.05) is 18.4 Å². The Morgan fingerprint density at radius 3 is 2.60 bits per heavy atom. The topological polar surface area (TPSA) is 67.9 Å². The zero-order valence-electron chi connectivity index (χ0n) is 11.3. The molecular formula is C12H15ClN2O4S. The first-order valence-corrected chi connectivity index (χ1v) is 7.28. The molecule has 0 saturated carbocycles. The van der Waals surface area contributed by atoms with E-state index in [1.54, 1.807) is 24.3 Å². The van der Waals surface area contributed by atoms with Crippen molar-refractivity contribution in [1.29, 1.82) is 0 Å². The molecule has 8 heteroatoms. The molecule has 1 rings (SSSR count). The van der Waals surface area contributed by atoms with Crippen molar-refractivity contribution in [1.82, 2.24) is 5.43 Å². The summed E-state index contributed by atoms with van der Waals surface area (Å²) in [5, 5.41) is -0.0290. The standard InChI is InChI=1S/C12H15ClN2O4S/c1-8(20-3)19-10-7-5-4-6-9(10)15(11(13)16)14-12(17)18-2/h4-8H,1-3H3,(H,14,17). The number of ether oxygens (including phenoxy) is 2. The number of benzene rings is 1. The highest BCUT2D eigenvalue weighted by atomic mass is 35.5. The van der Waals surface area contributed by atoms with Crippen LogP contribution >= 0.6 is 23.4 Å². The van der Waals surface area contributed by atoms with Crippen LogP contribution in [-0.4, -0.2) is 30.3 Å². The second-order valence-electron chi connectivity index (χ2n) is 3.58. The largest absolute Gasteiger partial charge is 0.478 e. The van der Waals surface area contributed by atoms with E-state index >= 15 is 0 Å². The Bertz CT molecular complexity index is 486. The average molecular weight is 319 g/mol. The average Bonchev–Trinajstić information content (AvgIpc) is 2.44. The molecule has 1 unspecified atom stereocenters. The molecule has 0 heterocycles. The number of amides is 2. The van der Waals surface area contributed by atoms with E-state index in [0.717, 1.165) is 5.01 Å². The number of hydrogen-bond donors (Lipinski definition) is 1. The van der Waals surface area contributed by atoms with Crippen LogP contribution in [0, 0.1) is 0 Å². The zero-order valence-corrected chi connectivity index (χ0v) is 12.8. The van der Waals surface area contributed by atoms with Gasteiger partial charge in [-0.3, -0.25) is 4.79 Å². The lowest BCUT2D eigenvalue weighted by Crippen LogP contribution is -2.44. The number of carbonyl (C=O) groups excluding carboxylic acids is 2. The molecule has 0 fully saturated rings. The minimum atomic E-state index is -0.886. The monoisotopic (exact) mass is 318 g/mol. The van der Waals surface area contributed by atoms with Crippen LogP contribution in [0.2, 0.25) is 0 Å². The number of hydrogen-bond acceptors (Lipinski definition) is 5. The summed E-state index contributed by atoms with van der Waals surface area (Å²) in [6, 6.07) is 6.71. The Morgan fingerprint density at radius 1 is 1.40 bits per heavy atom. The lowest BCUT2D eigenvalue weighted by molar-refractivity contribution is 0.170. The van der Waals surface area contributed by atoms with Crippen LogP contribution in [0.5, 0.6) is 5.75 Å². The first kappa shape index (κ1) is 16.5. The molecule has 0 aromatic heterocycles. The fourth-order valence-corrected chi connectivity index (χ4v) is 1.64. The highest BCUT2D eigenvalue weighted by Gasteiger charge is 2.21. The van der Waals surface area contributed by atoms with Gasteiger partial charge in [-0.05, 0) is 36.9 Å². The van der Waals surface area contributed by atoms with Gasteiger partial charge in [-0.15, -0.1) is 11.8 Å². The number of halogens is 1. The smallest absolute Gasteiger partial charge is 0.426 e. The molecule has 0 spiro atoms. The van der Waals surface area contributed by atoms with Gasteiger partial charge in [0.2, 0.25) is 0 Å². The minimum absolute atomic E-state index is 0.124. The summed E-state index contributed by atoms with van der Waals surface area (Å²) in [5.74, 6) is 0.416. The van der Waals surface area contributed by atoms with Gasteiger partial charge in [0, 0.05) is 0 Å². The van der Waals surface area contributed by atoms with E-state index in [4.69, 9.17) is 16.3 Å². The van der Waals surface area contributed by atoms with Gasteiger partial charge in [0.1, 0.15) is 16.9 Å². The molecule has 1 aromatic rings. The summed E-state index contributed by atoms with van der Waals surface area (Å²) in [6.45, 7) is 1.86. The van der Waals surface area contributed by atoms with Gasteiger partial charge in [0.15, 0.2) is 0 Å². The van der Waals surface area contributed by atoms with Crippen molar-refractivity contribution in [3.63, 3.8) is 0 Å². The van der Waals surface area contributed by atoms with E-state index in [2.05, 4.69) is 10.2 Å². The maximum atomic E-state index is 11.5. The third-order valence-electron chi connectivity index (χ3n) is 2.30. The Morgan fingerprint density at radius 2 is 2.05 bits per heavy atom. The number of nitrogens with zero attached hydrogens (tertiary/aromatic N) is 1. The molecule has 20 heavy (non-hydrogen) atoms. The van der Waals surface area contributed by atoms with Crippen LogP contribution < -0.4 is 15.2 Å². The molecular weight excluding hydrogens is 304 g/mol. The number of thioether (sulfide) groups is 1. The summed E-state index contributed by atoms with van der Waals surface area (Å²) in [4.78, 5) is 22.7. The fraction of sp³-hybridized carbons (Fsp3) is 0.333. The summed E-state index contributed by atoms with van der Waals surface area (Å²) < 4.78 is 10.1. The summed E-state index contributed by atoms with van der Waals surface area (Å²) in [5.41, 5.74) is 2.41. The number of para-hydroxylation sites is 2. The Balaban J connectivity index is 3.06. The van der Waals surface area contributed by atoms with Gasteiger partial charge in [-0.25, -0.2) is 15.2 Å². The Hall–Kier alpha value is -1.60. The zero-order chi connectivity index (χ0) is 15.1. The van der Waals surface area contributed by atoms with Gasteiger partial charge >= 0.3 is 11.5 Å². The molecule has 0 aliphatic heterocycles. The first-order valence-electron chi connectivity index (χ1n) is 5.62. The molecule has 0 saturated heterocycles. The van der Waals surface area contributed by atoms with Crippen molar-refractivity contribution in [2.24, 2.45) is 0 Å². The number of rotatable bonds is 4. The van der Waals surface area contributed by atoms with E-state index < -0.39 is 11.5 Å². The molecule has 1 atom stereocenters. The number of carbonyl (C=O) groups is 2. The molecule has 0 aliphatic carbocycles. The van der Waals surface area contributed by atoms with Crippen LogP contribution in [-0.2, 0) is 4.74 Å². The highest BCUT2D eigenvalue weighted by molar-refractivity contribution is 7.99. The molecule has 0 bridgehead atoms. The molecule has 1 aromatic carbocycles. The summed E-state index contributed by atoms with van der Waals surface area (Å²) >= 11 is 6.97. The van der Waals surface area contributed by atoms with Crippen molar-refractivity contribution >= 4 is 40.5 Å². The van der Waals surface area contributed by atoms with E-state index in [0.29, 0.717) is 11.4 Å². The van der Waals surface area contributed by atoms with Crippen molar-refractivity contribution in [3.05, 3.63) is 24.3 Å². The van der Waals surface area contributed by atoms with Crippen molar-refractivity contribution in [3.8, 4) is 5.75 Å². The van der Waals surface area contributed by atoms with Gasteiger partial charge in [0.05, 0.1) is 7.11 Å². The first-order chi connectivity index (χ1) is 9.49. The van der Waals surface area contributed by atoms with Crippen LogP contribution in [0.25, 0.3) is 0 Å². The van der Waals surface area contributed by atoms with Crippen LogP contribution in [0.1, 0.15) is 6.92 Å². The van der Waals surface area contributed by atoms with E-state index in [1.807, 2.05) is 13.2 Å². The molecule has 0 aliphatic rings. The van der Waals surface area contributed by atoms with E-state index in [1.165, 1.54) is 18.9 Å². The molecule has 110 valence electrons. The summed E-state index contributed by atoms with van der Waals surface area (Å²) in [6.07, 6.45) is 1.08. The third-order valence-corrected chi connectivity index (χ3v) is 3.22.